The fraction of sp³-hybridized carbons (Fsp3) is 0.533. The Kier molecular flexibility index (Phi) is 4.83. The van der Waals surface area contributed by atoms with E-state index in [9.17, 15) is 14.7 Å². The third kappa shape index (κ3) is 3.02. The van der Waals surface area contributed by atoms with Gasteiger partial charge in [-0.1, -0.05) is 11.3 Å². The van der Waals surface area contributed by atoms with Gasteiger partial charge in [0.15, 0.2) is 5.13 Å². The number of aryl methyl sites for hydroxylation is 1. The van der Waals surface area contributed by atoms with E-state index in [4.69, 9.17) is 5.11 Å². The zero-order valence-corrected chi connectivity index (χ0v) is 14.3. The molecule has 9 heteroatoms. The topological polar surface area (TPSA) is 98.9 Å². The number of β-amino-alcohol motifs (C(OH)–C–C–N with tert-alkyl or cyclic N) is 1. The van der Waals surface area contributed by atoms with Crippen LogP contribution in [0.4, 0.5) is 5.13 Å². The Balaban J connectivity index is 1.95. The predicted molar refractivity (Wildman–Crippen MR) is 92.3 cm³/mol. The van der Waals surface area contributed by atoms with Gasteiger partial charge in [0.25, 0.3) is 0 Å². The molecule has 0 atom stereocenters. The average molecular weight is 352 g/mol. The molecule has 1 aliphatic heterocycles. The number of hydrogen-bond acceptors (Lipinski definition) is 7. The molecule has 8 nitrogen and oxygen atoms in total. The molecule has 0 aromatic carbocycles. The van der Waals surface area contributed by atoms with E-state index in [1.807, 2.05) is 6.92 Å². The Labute approximate surface area is 142 Å². The van der Waals surface area contributed by atoms with Crippen molar-refractivity contribution in [1.29, 1.82) is 0 Å². The number of aliphatic hydroxyl groups excluding tert-OH is 1. The molecule has 130 valence electrons. The van der Waals surface area contributed by atoms with E-state index in [0.29, 0.717) is 17.9 Å². The standard InChI is InChI=1S/C15H20N4O4S/c1-2-18-9-10(14(22)23)12(21)11-13(18)24-15(16-11)19-5-3-17(4-6-19)7-8-20/h9,20H,2-8H2,1H3,(H,22,23). The highest BCUT2D eigenvalue weighted by Crippen LogP contribution is 2.28. The van der Waals surface area contributed by atoms with Gasteiger partial charge in [-0.15, -0.1) is 0 Å². The number of hydrogen-bond donors (Lipinski definition) is 2. The number of anilines is 1. The molecular formula is C15H20N4O4S. The van der Waals surface area contributed by atoms with Crippen molar-refractivity contribution in [3.05, 3.63) is 22.0 Å². The van der Waals surface area contributed by atoms with Gasteiger partial charge in [0.05, 0.1) is 6.61 Å². The van der Waals surface area contributed by atoms with Crippen molar-refractivity contribution < 1.29 is 15.0 Å². The second-order valence-electron chi connectivity index (χ2n) is 5.67. The van der Waals surface area contributed by atoms with Crippen LogP contribution in [-0.2, 0) is 6.54 Å². The predicted octanol–water partition coefficient (Wildman–Crippen LogP) is 0.290. The van der Waals surface area contributed by atoms with Gasteiger partial charge in [0.2, 0.25) is 5.43 Å². The second-order valence-corrected chi connectivity index (χ2v) is 6.62. The number of aromatic carboxylic acids is 1. The van der Waals surface area contributed by atoms with Gasteiger partial charge in [-0.3, -0.25) is 9.69 Å². The number of carboxylic acids is 1. The maximum Gasteiger partial charge on any atom is 0.341 e. The zero-order chi connectivity index (χ0) is 17.3. The first-order valence-corrected chi connectivity index (χ1v) is 8.72. The fourth-order valence-electron chi connectivity index (χ4n) is 2.87. The molecule has 3 heterocycles. The highest BCUT2D eigenvalue weighted by atomic mass is 32.1. The molecule has 1 fully saturated rings. The molecule has 24 heavy (non-hydrogen) atoms. The third-order valence-electron chi connectivity index (χ3n) is 4.23. The molecule has 0 unspecified atom stereocenters. The van der Waals surface area contributed by atoms with E-state index in [-0.39, 0.29) is 17.7 Å². The maximum atomic E-state index is 12.4. The minimum Gasteiger partial charge on any atom is -0.477 e. The highest BCUT2D eigenvalue weighted by molar-refractivity contribution is 7.21. The van der Waals surface area contributed by atoms with E-state index in [1.54, 1.807) is 4.57 Å². The van der Waals surface area contributed by atoms with Gasteiger partial charge in [-0.2, -0.15) is 0 Å². The lowest BCUT2D eigenvalue weighted by atomic mass is 10.2. The van der Waals surface area contributed by atoms with Crippen LogP contribution >= 0.6 is 11.3 Å². The lowest BCUT2D eigenvalue weighted by Gasteiger charge is -2.34. The number of carbonyl (C=O) groups is 1. The van der Waals surface area contributed by atoms with Crippen molar-refractivity contribution in [2.24, 2.45) is 0 Å². The van der Waals surface area contributed by atoms with E-state index in [0.717, 1.165) is 31.3 Å². The zero-order valence-electron chi connectivity index (χ0n) is 13.4. The number of rotatable bonds is 5. The largest absolute Gasteiger partial charge is 0.477 e. The Morgan fingerprint density at radius 3 is 2.62 bits per heavy atom. The molecule has 0 bridgehead atoms. The van der Waals surface area contributed by atoms with Crippen molar-refractivity contribution in [2.45, 2.75) is 13.5 Å². The van der Waals surface area contributed by atoms with Crippen LogP contribution in [0, 0.1) is 0 Å². The smallest absolute Gasteiger partial charge is 0.341 e. The van der Waals surface area contributed by atoms with Gasteiger partial charge in [-0.25, -0.2) is 9.78 Å². The molecule has 0 saturated carbocycles. The number of aromatic nitrogens is 2. The summed E-state index contributed by atoms with van der Waals surface area (Å²) in [4.78, 5) is 33.1. The summed E-state index contributed by atoms with van der Waals surface area (Å²) in [5.74, 6) is -1.23. The van der Waals surface area contributed by atoms with Gasteiger partial charge in [0, 0.05) is 45.5 Å². The van der Waals surface area contributed by atoms with Crippen LogP contribution in [0.1, 0.15) is 17.3 Å². The molecule has 1 saturated heterocycles. The second kappa shape index (κ2) is 6.88. The highest BCUT2D eigenvalue weighted by Gasteiger charge is 2.23. The average Bonchev–Trinajstić information content (AvgIpc) is 3.02. The Morgan fingerprint density at radius 1 is 1.33 bits per heavy atom. The van der Waals surface area contributed by atoms with E-state index < -0.39 is 11.4 Å². The summed E-state index contributed by atoms with van der Waals surface area (Å²) in [5.41, 5.74) is -0.535. The number of fused-ring (bicyclic) bond motifs is 1. The monoisotopic (exact) mass is 352 g/mol. The van der Waals surface area contributed by atoms with Crippen molar-refractivity contribution in [2.75, 3.05) is 44.2 Å². The van der Waals surface area contributed by atoms with Crippen molar-refractivity contribution in [3.8, 4) is 0 Å². The van der Waals surface area contributed by atoms with Crippen LogP contribution in [0.5, 0.6) is 0 Å². The lowest BCUT2D eigenvalue weighted by molar-refractivity contribution is 0.0695. The molecule has 0 radical (unpaired) electrons. The van der Waals surface area contributed by atoms with Crippen molar-refractivity contribution in [3.63, 3.8) is 0 Å². The van der Waals surface area contributed by atoms with Gasteiger partial charge < -0.3 is 19.7 Å². The Hall–Kier alpha value is -1.97. The summed E-state index contributed by atoms with van der Waals surface area (Å²) in [6.45, 7) is 6.48. The van der Waals surface area contributed by atoms with Crippen LogP contribution in [0.25, 0.3) is 10.3 Å². The minimum absolute atomic E-state index is 0.148. The quantitative estimate of drug-likeness (QED) is 0.798. The summed E-state index contributed by atoms with van der Waals surface area (Å²) in [6, 6.07) is 0. The van der Waals surface area contributed by atoms with Crippen LogP contribution < -0.4 is 10.3 Å². The number of aliphatic hydroxyl groups is 1. The van der Waals surface area contributed by atoms with Gasteiger partial charge in [0.1, 0.15) is 15.9 Å². The van der Waals surface area contributed by atoms with Crippen molar-refractivity contribution >= 4 is 32.8 Å². The molecular weight excluding hydrogens is 332 g/mol. The molecule has 3 rings (SSSR count). The van der Waals surface area contributed by atoms with E-state index in [2.05, 4.69) is 14.8 Å². The summed E-state index contributed by atoms with van der Waals surface area (Å²) in [6.07, 6.45) is 1.40. The molecule has 2 aromatic heterocycles. The van der Waals surface area contributed by atoms with Crippen LogP contribution in [-0.4, -0.2) is 70.0 Å². The Bertz CT molecular complexity index is 808. The van der Waals surface area contributed by atoms with Crippen LogP contribution in [0.3, 0.4) is 0 Å². The van der Waals surface area contributed by atoms with E-state index >= 15 is 0 Å². The molecule has 0 amide bonds. The van der Waals surface area contributed by atoms with Crippen LogP contribution in [0.15, 0.2) is 11.0 Å². The lowest BCUT2D eigenvalue weighted by Crippen LogP contribution is -2.47. The van der Waals surface area contributed by atoms with Gasteiger partial charge in [-0.05, 0) is 6.92 Å². The minimum atomic E-state index is -1.23. The molecule has 0 aliphatic carbocycles. The van der Waals surface area contributed by atoms with Gasteiger partial charge >= 0.3 is 5.97 Å². The number of piperazine rings is 1. The SMILES string of the molecule is CCn1cc(C(=O)O)c(=O)c2nc(N3CCN(CCO)CC3)sc21. The number of thiazole rings is 1. The van der Waals surface area contributed by atoms with E-state index in [1.165, 1.54) is 17.5 Å². The first kappa shape index (κ1) is 16.9. The summed E-state index contributed by atoms with van der Waals surface area (Å²) < 4.78 is 1.77. The molecule has 2 aromatic rings. The first-order valence-electron chi connectivity index (χ1n) is 7.90. The summed E-state index contributed by atoms with van der Waals surface area (Å²) >= 11 is 1.42. The fourth-order valence-corrected chi connectivity index (χ4v) is 4.03. The summed E-state index contributed by atoms with van der Waals surface area (Å²) in [5, 5.41) is 19.0. The van der Waals surface area contributed by atoms with Crippen molar-refractivity contribution in [1.82, 2.24) is 14.5 Å². The number of nitrogens with zero attached hydrogens (tertiary/aromatic N) is 4. The summed E-state index contributed by atoms with van der Waals surface area (Å²) in [7, 11) is 0. The first-order chi connectivity index (χ1) is 11.5. The third-order valence-corrected chi connectivity index (χ3v) is 5.39. The molecule has 0 spiro atoms. The van der Waals surface area contributed by atoms with Crippen LogP contribution in [0.2, 0.25) is 0 Å². The molecule has 2 N–H and O–H groups in total. The number of pyridine rings is 1. The molecule has 1 aliphatic rings. The Morgan fingerprint density at radius 2 is 2.04 bits per heavy atom. The number of carboxylic acid groups (broad SMARTS) is 1. The maximum absolute atomic E-state index is 12.4. The normalized spacial score (nSPS) is 16.0.